The van der Waals surface area contributed by atoms with Gasteiger partial charge in [0, 0.05) is 6.07 Å². The fourth-order valence-electron chi connectivity index (χ4n) is 1.16. The Morgan fingerprint density at radius 2 is 2.20 bits per heavy atom. The molecule has 0 spiro atoms. The molecule has 0 aliphatic heterocycles. The molecular weight excluding hydrogens is 197 g/mol. The van der Waals surface area contributed by atoms with E-state index < -0.39 is 5.82 Å². The number of ether oxygens (including phenoxy) is 2. The highest BCUT2D eigenvalue weighted by atomic mass is 19.1. The summed E-state index contributed by atoms with van der Waals surface area (Å²) in [6.07, 6.45) is 3.56. The van der Waals surface area contributed by atoms with Gasteiger partial charge in [0.05, 0.1) is 18.4 Å². The van der Waals surface area contributed by atoms with E-state index in [-0.39, 0.29) is 18.0 Å². The first-order valence-electron chi connectivity index (χ1n) is 5.14. The van der Waals surface area contributed by atoms with Crippen molar-refractivity contribution in [3.05, 3.63) is 18.1 Å². The molecule has 2 rings (SSSR count). The van der Waals surface area contributed by atoms with Crippen LogP contribution in [-0.4, -0.2) is 17.2 Å². The Morgan fingerprint density at radius 1 is 1.47 bits per heavy atom. The third kappa shape index (κ3) is 2.81. The molecule has 0 atom stereocenters. The summed E-state index contributed by atoms with van der Waals surface area (Å²) in [5.41, 5.74) is 0. The molecule has 1 aromatic heterocycles. The zero-order valence-corrected chi connectivity index (χ0v) is 8.87. The highest BCUT2D eigenvalue weighted by molar-refractivity contribution is 5.26. The number of hydrogen-bond acceptors (Lipinski definition) is 3. The molecule has 3 nitrogen and oxygen atoms in total. The number of pyridine rings is 1. The van der Waals surface area contributed by atoms with Gasteiger partial charge < -0.3 is 9.47 Å². The Kier molecular flexibility index (Phi) is 2.75. The molecule has 0 amide bonds. The first kappa shape index (κ1) is 10.2. The third-order valence-electron chi connectivity index (χ3n) is 1.97. The lowest BCUT2D eigenvalue weighted by Gasteiger charge is -2.10. The second kappa shape index (κ2) is 4.04. The molecule has 0 unspecified atom stereocenters. The van der Waals surface area contributed by atoms with Gasteiger partial charge in [-0.3, -0.25) is 0 Å². The molecule has 15 heavy (non-hydrogen) atoms. The summed E-state index contributed by atoms with van der Waals surface area (Å²) >= 11 is 0. The quantitative estimate of drug-likeness (QED) is 0.767. The van der Waals surface area contributed by atoms with Crippen LogP contribution >= 0.6 is 0 Å². The van der Waals surface area contributed by atoms with Gasteiger partial charge in [-0.25, -0.2) is 9.37 Å². The van der Waals surface area contributed by atoms with Crippen LogP contribution in [0, 0.1) is 5.82 Å². The van der Waals surface area contributed by atoms with Crippen molar-refractivity contribution >= 4 is 0 Å². The fraction of sp³-hybridized carbons (Fsp3) is 0.545. The standard InChI is InChI=1S/C11H14FNO2/c1-7(2)14-11-5-9(12)10(6-13-11)15-8-3-4-8/h5-8H,3-4H2,1-2H3. The van der Waals surface area contributed by atoms with Crippen molar-refractivity contribution in [3.8, 4) is 11.6 Å². The predicted octanol–water partition coefficient (Wildman–Crippen LogP) is 2.55. The maximum atomic E-state index is 13.4. The molecule has 1 saturated carbocycles. The molecule has 1 heterocycles. The Balaban J connectivity index is 2.07. The van der Waals surface area contributed by atoms with Gasteiger partial charge in [-0.2, -0.15) is 0 Å². The van der Waals surface area contributed by atoms with Crippen LogP contribution in [0.25, 0.3) is 0 Å². The van der Waals surface area contributed by atoms with E-state index in [0.29, 0.717) is 5.88 Å². The zero-order chi connectivity index (χ0) is 10.8. The minimum absolute atomic E-state index is 0.00731. The van der Waals surface area contributed by atoms with E-state index in [9.17, 15) is 4.39 Å². The first-order valence-corrected chi connectivity index (χ1v) is 5.14. The third-order valence-corrected chi connectivity index (χ3v) is 1.97. The average molecular weight is 211 g/mol. The minimum atomic E-state index is -0.410. The van der Waals surface area contributed by atoms with Crippen LogP contribution in [0.3, 0.4) is 0 Å². The number of nitrogens with zero attached hydrogens (tertiary/aromatic N) is 1. The number of aromatic nitrogens is 1. The van der Waals surface area contributed by atoms with E-state index in [2.05, 4.69) is 4.98 Å². The lowest BCUT2D eigenvalue weighted by Crippen LogP contribution is -2.07. The van der Waals surface area contributed by atoms with E-state index in [0.717, 1.165) is 12.8 Å². The van der Waals surface area contributed by atoms with Gasteiger partial charge in [0.2, 0.25) is 5.88 Å². The molecule has 0 bridgehead atoms. The molecule has 1 aromatic rings. The van der Waals surface area contributed by atoms with Crippen LogP contribution in [-0.2, 0) is 0 Å². The Morgan fingerprint density at radius 3 is 2.73 bits per heavy atom. The van der Waals surface area contributed by atoms with Crippen molar-refractivity contribution in [2.75, 3.05) is 0 Å². The maximum Gasteiger partial charge on any atom is 0.216 e. The molecule has 0 aromatic carbocycles. The SMILES string of the molecule is CC(C)Oc1cc(F)c(OC2CC2)cn1. The van der Waals surface area contributed by atoms with E-state index in [1.807, 2.05) is 13.8 Å². The van der Waals surface area contributed by atoms with E-state index >= 15 is 0 Å². The Bertz CT molecular complexity index is 350. The van der Waals surface area contributed by atoms with Crippen LogP contribution in [0.5, 0.6) is 11.6 Å². The first-order chi connectivity index (χ1) is 7.15. The zero-order valence-electron chi connectivity index (χ0n) is 8.87. The van der Waals surface area contributed by atoms with Crippen molar-refractivity contribution in [2.24, 2.45) is 0 Å². The van der Waals surface area contributed by atoms with Gasteiger partial charge in [-0.15, -0.1) is 0 Å². The molecular formula is C11H14FNO2. The lowest BCUT2D eigenvalue weighted by molar-refractivity contribution is 0.228. The van der Waals surface area contributed by atoms with Gasteiger partial charge in [-0.1, -0.05) is 0 Å². The summed E-state index contributed by atoms with van der Waals surface area (Å²) in [4.78, 5) is 3.97. The molecule has 1 aliphatic rings. The summed E-state index contributed by atoms with van der Waals surface area (Å²) < 4.78 is 24.0. The molecule has 0 saturated heterocycles. The smallest absolute Gasteiger partial charge is 0.216 e. The minimum Gasteiger partial charge on any atom is -0.486 e. The Labute approximate surface area is 88.2 Å². The van der Waals surface area contributed by atoms with E-state index in [4.69, 9.17) is 9.47 Å². The van der Waals surface area contributed by atoms with E-state index in [1.165, 1.54) is 12.3 Å². The van der Waals surface area contributed by atoms with Crippen molar-refractivity contribution in [1.82, 2.24) is 4.98 Å². The van der Waals surface area contributed by atoms with Gasteiger partial charge in [0.1, 0.15) is 0 Å². The van der Waals surface area contributed by atoms with Crippen LogP contribution < -0.4 is 9.47 Å². The molecule has 1 fully saturated rings. The second-order valence-electron chi connectivity index (χ2n) is 3.94. The number of rotatable bonds is 4. The largest absolute Gasteiger partial charge is 0.486 e. The summed E-state index contributed by atoms with van der Waals surface area (Å²) in [7, 11) is 0. The monoisotopic (exact) mass is 211 g/mol. The second-order valence-corrected chi connectivity index (χ2v) is 3.94. The normalized spacial score (nSPS) is 15.5. The van der Waals surface area contributed by atoms with Crippen molar-refractivity contribution in [3.63, 3.8) is 0 Å². The van der Waals surface area contributed by atoms with Gasteiger partial charge in [0.15, 0.2) is 11.6 Å². The molecule has 4 heteroatoms. The lowest BCUT2D eigenvalue weighted by atomic mass is 10.4. The summed E-state index contributed by atoms with van der Waals surface area (Å²) in [6.45, 7) is 3.74. The Hall–Kier alpha value is -1.32. The number of hydrogen-bond donors (Lipinski definition) is 0. The summed E-state index contributed by atoms with van der Waals surface area (Å²) in [6, 6.07) is 1.26. The van der Waals surface area contributed by atoms with Gasteiger partial charge in [0.25, 0.3) is 0 Å². The van der Waals surface area contributed by atoms with Crippen molar-refractivity contribution in [2.45, 2.75) is 38.9 Å². The van der Waals surface area contributed by atoms with Crippen LogP contribution in [0.4, 0.5) is 4.39 Å². The van der Waals surface area contributed by atoms with Gasteiger partial charge in [-0.05, 0) is 26.7 Å². The molecule has 0 radical (unpaired) electrons. The van der Waals surface area contributed by atoms with Crippen LogP contribution in [0.1, 0.15) is 26.7 Å². The van der Waals surface area contributed by atoms with Crippen LogP contribution in [0.2, 0.25) is 0 Å². The van der Waals surface area contributed by atoms with Crippen molar-refractivity contribution < 1.29 is 13.9 Å². The maximum absolute atomic E-state index is 13.4. The molecule has 82 valence electrons. The van der Waals surface area contributed by atoms with Gasteiger partial charge >= 0.3 is 0 Å². The topological polar surface area (TPSA) is 31.4 Å². The van der Waals surface area contributed by atoms with Crippen molar-refractivity contribution in [1.29, 1.82) is 0 Å². The average Bonchev–Trinajstić information content (AvgIpc) is 2.92. The number of halogens is 1. The summed E-state index contributed by atoms with van der Waals surface area (Å²) in [5, 5.41) is 0. The molecule has 1 aliphatic carbocycles. The predicted molar refractivity (Wildman–Crippen MR) is 53.6 cm³/mol. The van der Waals surface area contributed by atoms with E-state index in [1.54, 1.807) is 0 Å². The summed E-state index contributed by atoms with van der Waals surface area (Å²) in [5.74, 6) is 0.104. The fourth-order valence-corrected chi connectivity index (χ4v) is 1.16. The highest BCUT2D eigenvalue weighted by Gasteiger charge is 2.25. The highest BCUT2D eigenvalue weighted by Crippen LogP contribution is 2.29. The van der Waals surface area contributed by atoms with Crippen LogP contribution in [0.15, 0.2) is 12.3 Å². The molecule has 0 N–H and O–H groups in total.